The van der Waals surface area contributed by atoms with E-state index in [4.69, 9.17) is 5.73 Å². The Balaban J connectivity index is 1.29. The van der Waals surface area contributed by atoms with Gasteiger partial charge in [-0.25, -0.2) is 0 Å². The first kappa shape index (κ1) is 28.4. The van der Waals surface area contributed by atoms with Crippen LogP contribution in [-0.2, 0) is 16.1 Å². The fraction of sp³-hybridized carbons (Fsp3) is 0.429. The Hall–Kier alpha value is -3.57. The van der Waals surface area contributed by atoms with E-state index in [1.54, 1.807) is 29.4 Å². The predicted octanol–water partition coefficient (Wildman–Crippen LogP) is 2.12. The Labute approximate surface area is 233 Å². The van der Waals surface area contributed by atoms with Crippen LogP contribution in [0.25, 0.3) is 0 Å². The molecule has 1 aromatic carbocycles. The van der Waals surface area contributed by atoms with Crippen LogP contribution in [0.2, 0.25) is 0 Å². The molecule has 0 radical (unpaired) electrons. The van der Waals surface area contributed by atoms with Crippen LogP contribution in [0.3, 0.4) is 0 Å². The van der Waals surface area contributed by atoms with Crippen LogP contribution in [0.4, 0.5) is 5.69 Å². The second-order valence-corrected chi connectivity index (χ2v) is 10.8. The molecule has 0 spiro atoms. The van der Waals surface area contributed by atoms with E-state index < -0.39 is 11.2 Å². The van der Waals surface area contributed by atoms with Gasteiger partial charge >= 0.3 is 0 Å². The van der Waals surface area contributed by atoms with Crippen LogP contribution in [0.5, 0.6) is 0 Å². The number of hydrogen-bond acceptors (Lipinski definition) is 8. The molecule has 208 valence electrons. The summed E-state index contributed by atoms with van der Waals surface area (Å²) < 4.78 is 0. The normalized spacial score (nSPS) is 18.7. The van der Waals surface area contributed by atoms with Gasteiger partial charge in [0.15, 0.2) is 0 Å². The summed E-state index contributed by atoms with van der Waals surface area (Å²) in [6.07, 6.45) is 6.77. The lowest BCUT2D eigenvalue weighted by Gasteiger charge is -2.16. The van der Waals surface area contributed by atoms with Gasteiger partial charge in [0.05, 0.1) is 0 Å². The number of aromatic nitrogens is 1. The molecule has 1 atom stereocenters. The molecular weight excluding hydrogens is 514 g/mol. The lowest BCUT2D eigenvalue weighted by Crippen LogP contribution is -2.35. The fourth-order valence-electron chi connectivity index (χ4n) is 4.63. The number of pyridine rings is 1. The standard InChI is InChI=1S/C28H37N7O3S/c1-2-35-27(38)23(39-28(35)24(29)26(37)33-18-20-9-12-30-13-10-20)19-32-22-8-5-7-21(17-22)25(36)31-11-6-16-34-14-3-4-15-34/h5,7-10,12-13,17,23,32H,2-4,6,11,14-16,18-19,29H2,1H3,(H,31,36)(H,33,37)/b28-24+/t23-/m1/s1. The number of nitrogens with zero attached hydrogens (tertiary/aromatic N) is 3. The average Bonchev–Trinajstić information content (AvgIpc) is 3.60. The van der Waals surface area contributed by atoms with Crippen LogP contribution in [0.15, 0.2) is 59.5 Å². The van der Waals surface area contributed by atoms with Gasteiger partial charge in [-0.2, -0.15) is 0 Å². The molecule has 39 heavy (non-hydrogen) atoms. The Morgan fingerprint density at radius 1 is 1.13 bits per heavy atom. The van der Waals surface area contributed by atoms with E-state index in [2.05, 4.69) is 25.8 Å². The zero-order chi connectivity index (χ0) is 27.6. The second-order valence-electron chi connectivity index (χ2n) is 9.57. The highest BCUT2D eigenvalue weighted by Crippen LogP contribution is 2.36. The number of likely N-dealkylation sites (tertiary alicyclic amines) is 1. The molecule has 2 aliphatic heterocycles. The van der Waals surface area contributed by atoms with E-state index in [1.807, 2.05) is 31.2 Å². The van der Waals surface area contributed by atoms with Crippen molar-refractivity contribution in [3.8, 4) is 0 Å². The Kier molecular flexibility index (Phi) is 10.2. The van der Waals surface area contributed by atoms with Crippen molar-refractivity contribution in [2.24, 2.45) is 5.73 Å². The van der Waals surface area contributed by atoms with Gasteiger partial charge in [-0.05, 0) is 81.7 Å². The van der Waals surface area contributed by atoms with Gasteiger partial charge in [-0.1, -0.05) is 17.8 Å². The molecular formula is C28H37N7O3S. The van der Waals surface area contributed by atoms with Gasteiger partial charge in [0.2, 0.25) is 5.91 Å². The van der Waals surface area contributed by atoms with Crippen molar-refractivity contribution >= 4 is 35.2 Å². The smallest absolute Gasteiger partial charge is 0.270 e. The molecule has 3 amide bonds. The quantitative estimate of drug-likeness (QED) is 0.233. The number of carbonyl (C=O) groups excluding carboxylic acids is 3. The first-order valence-corrected chi connectivity index (χ1v) is 14.3. The van der Waals surface area contributed by atoms with Crippen molar-refractivity contribution in [1.82, 2.24) is 25.4 Å². The topological polar surface area (TPSA) is 133 Å². The van der Waals surface area contributed by atoms with E-state index in [0.717, 1.165) is 37.3 Å². The zero-order valence-corrected chi connectivity index (χ0v) is 23.1. The highest BCUT2D eigenvalue weighted by molar-refractivity contribution is 8.04. The molecule has 0 unspecified atom stereocenters. The maximum Gasteiger partial charge on any atom is 0.270 e. The molecule has 10 nitrogen and oxygen atoms in total. The molecule has 2 fully saturated rings. The van der Waals surface area contributed by atoms with Crippen LogP contribution in [0, 0.1) is 0 Å². The van der Waals surface area contributed by atoms with Crippen molar-refractivity contribution < 1.29 is 14.4 Å². The third-order valence-corrected chi connectivity index (χ3v) is 8.10. The van der Waals surface area contributed by atoms with E-state index in [9.17, 15) is 14.4 Å². The molecule has 0 bridgehead atoms. The maximum atomic E-state index is 13.1. The minimum absolute atomic E-state index is 0.0233. The molecule has 5 N–H and O–H groups in total. The number of nitrogens with one attached hydrogen (secondary N) is 3. The molecule has 3 heterocycles. The number of anilines is 1. The first-order chi connectivity index (χ1) is 19.0. The molecule has 0 saturated carbocycles. The average molecular weight is 552 g/mol. The second kappa shape index (κ2) is 14.0. The Morgan fingerprint density at radius 2 is 1.90 bits per heavy atom. The summed E-state index contributed by atoms with van der Waals surface area (Å²) >= 11 is 1.28. The molecule has 11 heteroatoms. The van der Waals surface area contributed by atoms with Gasteiger partial charge in [0.1, 0.15) is 16.0 Å². The Bertz CT molecular complexity index is 1180. The van der Waals surface area contributed by atoms with Gasteiger partial charge in [-0.3, -0.25) is 19.4 Å². The molecule has 4 rings (SSSR count). The summed E-state index contributed by atoms with van der Waals surface area (Å²) in [6.45, 7) is 6.86. The third kappa shape index (κ3) is 7.73. The molecule has 0 aliphatic carbocycles. The number of thioether (sulfide) groups is 1. The number of nitrogens with two attached hydrogens (primary N) is 1. The summed E-state index contributed by atoms with van der Waals surface area (Å²) in [7, 11) is 0. The van der Waals surface area contributed by atoms with Gasteiger partial charge in [0, 0.05) is 49.8 Å². The number of rotatable bonds is 12. The van der Waals surface area contributed by atoms with Crippen molar-refractivity contribution in [3.63, 3.8) is 0 Å². The van der Waals surface area contributed by atoms with Gasteiger partial charge < -0.3 is 31.5 Å². The number of amides is 3. The molecule has 2 aromatic rings. The van der Waals surface area contributed by atoms with Crippen LogP contribution >= 0.6 is 11.8 Å². The maximum absolute atomic E-state index is 13.1. The van der Waals surface area contributed by atoms with E-state index >= 15 is 0 Å². The minimum atomic E-state index is -0.449. The minimum Gasteiger partial charge on any atom is -0.392 e. The number of hydrogen-bond donors (Lipinski definition) is 4. The lowest BCUT2D eigenvalue weighted by molar-refractivity contribution is -0.127. The zero-order valence-electron chi connectivity index (χ0n) is 22.3. The number of benzene rings is 1. The van der Waals surface area contributed by atoms with Gasteiger partial charge in [0.25, 0.3) is 11.8 Å². The number of carbonyl (C=O) groups is 3. The molecule has 1 aromatic heterocycles. The summed E-state index contributed by atoms with van der Waals surface area (Å²) in [5.41, 5.74) is 8.43. The summed E-state index contributed by atoms with van der Waals surface area (Å²) in [5.74, 6) is -0.644. The summed E-state index contributed by atoms with van der Waals surface area (Å²) in [6, 6.07) is 10.9. The van der Waals surface area contributed by atoms with Crippen LogP contribution < -0.4 is 21.7 Å². The highest BCUT2D eigenvalue weighted by Gasteiger charge is 2.38. The van der Waals surface area contributed by atoms with Gasteiger partial charge in [-0.15, -0.1) is 0 Å². The van der Waals surface area contributed by atoms with E-state index in [-0.39, 0.29) is 17.5 Å². The van der Waals surface area contributed by atoms with Crippen LogP contribution in [-0.4, -0.2) is 77.0 Å². The predicted molar refractivity (Wildman–Crippen MR) is 154 cm³/mol. The molecule has 2 saturated heterocycles. The van der Waals surface area contributed by atoms with Crippen molar-refractivity contribution in [1.29, 1.82) is 0 Å². The van der Waals surface area contributed by atoms with Crippen molar-refractivity contribution in [3.05, 3.63) is 70.6 Å². The van der Waals surface area contributed by atoms with Crippen LogP contribution in [0.1, 0.15) is 42.1 Å². The monoisotopic (exact) mass is 551 g/mol. The summed E-state index contributed by atoms with van der Waals surface area (Å²) in [4.78, 5) is 46.3. The Morgan fingerprint density at radius 3 is 2.64 bits per heavy atom. The van der Waals surface area contributed by atoms with E-state index in [1.165, 1.54) is 24.6 Å². The summed E-state index contributed by atoms with van der Waals surface area (Å²) in [5, 5.41) is 9.08. The van der Waals surface area contributed by atoms with Crippen molar-refractivity contribution in [2.45, 2.75) is 38.0 Å². The largest absolute Gasteiger partial charge is 0.392 e. The lowest BCUT2D eigenvalue weighted by atomic mass is 10.2. The molecule has 2 aliphatic rings. The van der Waals surface area contributed by atoms with E-state index in [0.29, 0.717) is 36.8 Å². The highest BCUT2D eigenvalue weighted by atomic mass is 32.2. The third-order valence-electron chi connectivity index (χ3n) is 6.79. The fourth-order valence-corrected chi connectivity index (χ4v) is 5.86. The SMILES string of the molecule is CCN1C(=O)[C@@H](CNc2cccc(C(=O)NCCCN3CCCC3)c2)S/C1=C(/N)C(=O)NCc1ccncc1. The van der Waals surface area contributed by atoms with Crippen molar-refractivity contribution in [2.75, 3.05) is 44.6 Å². The first-order valence-electron chi connectivity index (χ1n) is 13.5.